The standard InChI is InChI=1S/C5H8O5S2/c1-2-12(7,8)4-5-3-9-11(6)10-5/h2,5H,1,3-4H2. The minimum atomic E-state index is -3.30. The minimum absolute atomic E-state index is 0.0414. The van der Waals surface area contributed by atoms with Crippen LogP contribution in [0.4, 0.5) is 0 Å². The predicted octanol–water partition coefficient (Wildman–Crippen LogP) is -0.461. The molecule has 70 valence electrons. The van der Waals surface area contributed by atoms with E-state index in [0.29, 0.717) is 0 Å². The first kappa shape index (κ1) is 9.85. The van der Waals surface area contributed by atoms with Crippen LogP contribution < -0.4 is 0 Å². The fourth-order valence-electron chi connectivity index (χ4n) is 0.701. The van der Waals surface area contributed by atoms with Crippen LogP contribution in [-0.2, 0) is 29.6 Å². The summed E-state index contributed by atoms with van der Waals surface area (Å²) < 4.78 is 41.4. The summed E-state index contributed by atoms with van der Waals surface area (Å²) in [4.78, 5) is 0. The Labute approximate surface area is 73.1 Å². The van der Waals surface area contributed by atoms with Gasteiger partial charge in [-0.1, -0.05) is 6.58 Å². The van der Waals surface area contributed by atoms with E-state index in [1.54, 1.807) is 0 Å². The highest BCUT2D eigenvalue weighted by Gasteiger charge is 2.27. The highest BCUT2D eigenvalue weighted by Crippen LogP contribution is 2.11. The van der Waals surface area contributed by atoms with Crippen LogP contribution in [0.5, 0.6) is 0 Å². The van der Waals surface area contributed by atoms with Crippen LogP contribution in [0.2, 0.25) is 0 Å². The van der Waals surface area contributed by atoms with Crippen molar-refractivity contribution in [3.63, 3.8) is 0 Å². The molecule has 7 heteroatoms. The zero-order chi connectivity index (χ0) is 9.19. The maximum Gasteiger partial charge on any atom is 0.305 e. The zero-order valence-electron chi connectivity index (χ0n) is 6.13. The molecule has 0 aromatic heterocycles. The van der Waals surface area contributed by atoms with E-state index < -0.39 is 27.3 Å². The summed E-state index contributed by atoms with van der Waals surface area (Å²) in [7, 11) is -3.30. The molecule has 0 aromatic rings. The highest BCUT2D eigenvalue weighted by molar-refractivity contribution is 7.94. The van der Waals surface area contributed by atoms with Crippen molar-refractivity contribution in [2.75, 3.05) is 12.4 Å². The van der Waals surface area contributed by atoms with Crippen molar-refractivity contribution in [1.82, 2.24) is 0 Å². The Morgan fingerprint density at radius 1 is 1.67 bits per heavy atom. The molecule has 2 atom stereocenters. The summed E-state index contributed by atoms with van der Waals surface area (Å²) in [6.45, 7) is 3.17. The van der Waals surface area contributed by atoms with Gasteiger partial charge >= 0.3 is 11.4 Å². The molecule has 1 saturated heterocycles. The Morgan fingerprint density at radius 3 is 2.75 bits per heavy atom. The van der Waals surface area contributed by atoms with Gasteiger partial charge in [0.1, 0.15) is 6.10 Å². The second kappa shape index (κ2) is 3.65. The summed E-state index contributed by atoms with van der Waals surface area (Å²) in [6.07, 6.45) is -0.645. The van der Waals surface area contributed by atoms with Crippen LogP contribution in [0.15, 0.2) is 12.0 Å². The van der Waals surface area contributed by atoms with Gasteiger partial charge in [0.05, 0.1) is 12.4 Å². The topological polar surface area (TPSA) is 69.7 Å². The van der Waals surface area contributed by atoms with Crippen LogP contribution >= 0.6 is 0 Å². The fourth-order valence-corrected chi connectivity index (χ4v) is 2.27. The summed E-state index contributed by atoms with van der Waals surface area (Å²) >= 11 is -1.79. The fraction of sp³-hybridized carbons (Fsp3) is 0.600. The van der Waals surface area contributed by atoms with Crippen molar-refractivity contribution in [2.24, 2.45) is 0 Å². The van der Waals surface area contributed by atoms with Gasteiger partial charge in [-0.15, -0.1) is 0 Å². The predicted molar refractivity (Wildman–Crippen MR) is 43.0 cm³/mol. The molecule has 1 aliphatic heterocycles. The molecular weight excluding hydrogens is 204 g/mol. The summed E-state index contributed by atoms with van der Waals surface area (Å²) in [5.74, 6) is -0.234. The molecule has 2 unspecified atom stereocenters. The molecule has 1 fully saturated rings. The van der Waals surface area contributed by atoms with Gasteiger partial charge in [-0.25, -0.2) is 8.42 Å². The van der Waals surface area contributed by atoms with Crippen molar-refractivity contribution in [3.05, 3.63) is 12.0 Å². The van der Waals surface area contributed by atoms with E-state index in [-0.39, 0.29) is 12.4 Å². The highest BCUT2D eigenvalue weighted by atomic mass is 32.2. The van der Waals surface area contributed by atoms with Crippen molar-refractivity contribution in [1.29, 1.82) is 0 Å². The Morgan fingerprint density at radius 2 is 2.33 bits per heavy atom. The minimum Gasteiger partial charge on any atom is -0.266 e. The van der Waals surface area contributed by atoms with E-state index >= 15 is 0 Å². The van der Waals surface area contributed by atoms with Gasteiger partial charge in [0, 0.05) is 5.41 Å². The molecule has 0 aliphatic carbocycles. The van der Waals surface area contributed by atoms with Crippen molar-refractivity contribution >= 4 is 21.2 Å². The number of sulfone groups is 1. The SMILES string of the molecule is C=CS(=O)(=O)CC1COS(=O)O1. The molecule has 1 heterocycles. The molecule has 12 heavy (non-hydrogen) atoms. The molecule has 0 radical (unpaired) electrons. The van der Waals surface area contributed by atoms with Crippen molar-refractivity contribution in [3.8, 4) is 0 Å². The van der Waals surface area contributed by atoms with E-state index in [1.807, 2.05) is 0 Å². The van der Waals surface area contributed by atoms with Gasteiger partial charge in [-0.05, 0) is 0 Å². The number of rotatable bonds is 3. The van der Waals surface area contributed by atoms with Gasteiger partial charge in [0.15, 0.2) is 9.84 Å². The van der Waals surface area contributed by atoms with E-state index in [2.05, 4.69) is 14.9 Å². The lowest BCUT2D eigenvalue weighted by Crippen LogP contribution is -2.21. The Hall–Kier alpha value is -0.240. The second-order valence-electron chi connectivity index (χ2n) is 2.20. The Balaban J connectivity index is 2.53. The number of hydrogen-bond donors (Lipinski definition) is 0. The van der Waals surface area contributed by atoms with Gasteiger partial charge < -0.3 is 0 Å². The molecular formula is C5H8O5S2. The first-order valence-electron chi connectivity index (χ1n) is 3.11. The lowest BCUT2D eigenvalue weighted by Gasteiger charge is -2.02. The smallest absolute Gasteiger partial charge is 0.266 e. The van der Waals surface area contributed by atoms with Crippen molar-refractivity contribution in [2.45, 2.75) is 6.10 Å². The maximum absolute atomic E-state index is 10.9. The molecule has 5 nitrogen and oxygen atoms in total. The Kier molecular flexibility index (Phi) is 2.99. The summed E-state index contributed by atoms with van der Waals surface area (Å²) in [5, 5.41) is 0.845. The van der Waals surface area contributed by atoms with Crippen LogP contribution in [0.25, 0.3) is 0 Å². The van der Waals surface area contributed by atoms with Gasteiger partial charge in [0.2, 0.25) is 0 Å². The Bertz CT molecular complexity index is 293. The maximum atomic E-state index is 10.9. The van der Waals surface area contributed by atoms with E-state index in [0.717, 1.165) is 5.41 Å². The van der Waals surface area contributed by atoms with Crippen LogP contribution in [0.1, 0.15) is 0 Å². The normalized spacial score (nSPS) is 30.3. The van der Waals surface area contributed by atoms with E-state index in [1.165, 1.54) is 0 Å². The largest absolute Gasteiger partial charge is 0.305 e. The first-order valence-corrected chi connectivity index (χ1v) is 5.82. The zero-order valence-corrected chi connectivity index (χ0v) is 7.77. The van der Waals surface area contributed by atoms with Crippen LogP contribution in [-0.4, -0.2) is 31.1 Å². The molecule has 0 spiro atoms. The second-order valence-corrected chi connectivity index (χ2v) is 5.03. The van der Waals surface area contributed by atoms with Gasteiger partial charge in [-0.3, -0.25) is 8.37 Å². The van der Waals surface area contributed by atoms with Crippen molar-refractivity contribution < 1.29 is 21.0 Å². The van der Waals surface area contributed by atoms with Gasteiger partial charge in [0.25, 0.3) is 0 Å². The van der Waals surface area contributed by atoms with Crippen LogP contribution in [0.3, 0.4) is 0 Å². The third-order valence-electron chi connectivity index (χ3n) is 1.24. The molecule has 0 aromatic carbocycles. The molecule has 0 amide bonds. The molecule has 1 aliphatic rings. The molecule has 0 N–H and O–H groups in total. The third kappa shape index (κ3) is 2.67. The lowest BCUT2D eigenvalue weighted by molar-refractivity contribution is 0.264. The molecule has 1 rings (SSSR count). The van der Waals surface area contributed by atoms with Crippen LogP contribution in [0, 0.1) is 0 Å². The quantitative estimate of drug-likeness (QED) is 0.633. The lowest BCUT2D eigenvalue weighted by atomic mass is 10.4. The number of hydrogen-bond acceptors (Lipinski definition) is 5. The average molecular weight is 212 g/mol. The third-order valence-corrected chi connectivity index (χ3v) is 3.34. The van der Waals surface area contributed by atoms with Gasteiger partial charge in [-0.2, -0.15) is 4.21 Å². The molecule has 0 bridgehead atoms. The first-order chi connectivity index (χ1) is 5.53. The monoisotopic (exact) mass is 212 g/mol. The molecule has 0 saturated carbocycles. The van der Waals surface area contributed by atoms with E-state index in [9.17, 15) is 12.6 Å². The average Bonchev–Trinajstić information content (AvgIpc) is 2.35. The van der Waals surface area contributed by atoms with E-state index in [4.69, 9.17) is 0 Å². The summed E-state index contributed by atoms with van der Waals surface area (Å²) in [6, 6.07) is 0. The summed E-state index contributed by atoms with van der Waals surface area (Å²) in [5.41, 5.74) is 0.